The summed E-state index contributed by atoms with van der Waals surface area (Å²) in [4.78, 5) is 1.76. The van der Waals surface area contributed by atoms with Gasteiger partial charge in [0.15, 0.2) is 0 Å². The molecule has 0 unspecified atom stereocenters. The minimum absolute atomic E-state index is 0.129. The predicted molar refractivity (Wildman–Crippen MR) is 168 cm³/mol. The first-order valence-electron chi connectivity index (χ1n) is 13.0. The van der Waals surface area contributed by atoms with Crippen molar-refractivity contribution in [2.24, 2.45) is 0 Å². The van der Waals surface area contributed by atoms with E-state index in [1.165, 1.54) is 44.0 Å². The third-order valence-electron chi connectivity index (χ3n) is 7.30. The van der Waals surface area contributed by atoms with Gasteiger partial charge < -0.3 is 0 Å². The largest absolute Gasteiger partial charge is 0.268 e. The van der Waals surface area contributed by atoms with Gasteiger partial charge >= 0.3 is 0 Å². The molecular formula is C33H25FN2O2S3. The summed E-state index contributed by atoms with van der Waals surface area (Å²) in [7, 11) is -4.13. The van der Waals surface area contributed by atoms with Crippen molar-refractivity contribution in [3.63, 3.8) is 0 Å². The first-order chi connectivity index (χ1) is 19.8. The second-order valence-corrected chi connectivity index (χ2v) is 13.4. The van der Waals surface area contributed by atoms with Gasteiger partial charge in [-0.25, -0.2) is 16.8 Å². The average molecular weight is 597 g/mol. The van der Waals surface area contributed by atoms with Crippen LogP contribution in [0.25, 0.3) is 38.9 Å². The SMILES string of the molecule is CSC1=CCCC(c2cccc(-c3c(-c4ccsc4C#N)c4cc(F)ccc4n3S(=O)(=O)c3ccc(C)cc3)c2)=C1. The van der Waals surface area contributed by atoms with Crippen LogP contribution in [-0.2, 0) is 10.0 Å². The summed E-state index contributed by atoms with van der Waals surface area (Å²) in [6, 6.07) is 22.7. The maximum absolute atomic E-state index is 14.8. The van der Waals surface area contributed by atoms with Crippen LogP contribution in [0.15, 0.2) is 100 Å². The van der Waals surface area contributed by atoms with Gasteiger partial charge in [-0.3, -0.25) is 0 Å². The number of nitriles is 1. The van der Waals surface area contributed by atoms with Gasteiger partial charge in [-0.15, -0.1) is 23.1 Å². The Morgan fingerprint density at radius 2 is 1.80 bits per heavy atom. The zero-order valence-electron chi connectivity index (χ0n) is 22.4. The van der Waals surface area contributed by atoms with E-state index in [4.69, 9.17) is 0 Å². The molecule has 0 spiro atoms. The van der Waals surface area contributed by atoms with E-state index in [9.17, 15) is 18.1 Å². The summed E-state index contributed by atoms with van der Waals surface area (Å²) in [6.45, 7) is 1.90. The Morgan fingerprint density at radius 3 is 2.56 bits per heavy atom. The fraction of sp³-hybridized carbons (Fsp3) is 0.121. The minimum atomic E-state index is -4.13. The number of allylic oxidation sites excluding steroid dienone is 3. The Hall–Kier alpha value is -3.90. The van der Waals surface area contributed by atoms with Crippen LogP contribution in [0.4, 0.5) is 4.39 Å². The van der Waals surface area contributed by atoms with Crippen molar-refractivity contribution in [2.45, 2.75) is 24.7 Å². The van der Waals surface area contributed by atoms with Crippen LogP contribution in [0.1, 0.15) is 28.8 Å². The molecule has 0 aliphatic heterocycles. The van der Waals surface area contributed by atoms with Crippen LogP contribution >= 0.6 is 23.1 Å². The Labute approximate surface area is 247 Å². The van der Waals surface area contributed by atoms with Crippen molar-refractivity contribution in [2.75, 3.05) is 6.26 Å². The molecular weight excluding hydrogens is 572 g/mol. The second kappa shape index (κ2) is 10.8. The topological polar surface area (TPSA) is 62.9 Å². The monoisotopic (exact) mass is 596 g/mol. The standard InChI is InChI=1S/C33H25FN2O2S3/c1-21-9-12-27(13-10-21)41(37,38)36-30-14-11-25(34)19-29(30)32(28-15-16-40-31(28)20-35)33(36)24-7-3-5-22(17-24)23-6-4-8-26(18-23)39-2/h3,5,7-19H,4,6H2,1-2H3. The van der Waals surface area contributed by atoms with E-state index in [1.807, 2.05) is 31.2 Å². The predicted octanol–water partition coefficient (Wildman–Crippen LogP) is 9.02. The highest BCUT2D eigenvalue weighted by atomic mass is 32.2. The van der Waals surface area contributed by atoms with Crippen molar-refractivity contribution in [1.29, 1.82) is 5.26 Å². The zero-order valence-corrected chi connectivity index (χ0v) is 24.8. The molecule has 1 aliphatic rings. The maximum atomic E-state index is 14.8. The molecule has 0 amide bonds. The number of rotatable bonds is 6. The third-order valence-corrected chi connectivity index (χ3v) is 10.6. The minimum Gasteiger partial charge on any atom is -0.233 e. The normalized spacial score (nSPS) is 13.6. The van der Waals surface area contributed by atoms with Gasteiger partial charge in [-0.2, -0.15) is 5.26 Å². The summed E-state index contributed by atoms with van der Waals surface area (Å²) < 4.78 is 45.0. The summed E-state index contributed by atoms with van der Waals surface area (Å²) in [5, 5.41) is 12.2. The molecule has 41 heavy (non-hydrogen) atoms. The molecule has 3 aromatic carbocycles. The van der Waals surface area contributed by atoms with Crippen LogP contribution in [0, 0.1) is 24.1 Å². The van der Waals surface area contributed by atoms with Crippen molar-refractivity contribution < 1.29 is 12.8 Å². The molecule has 0 N–H and O–H groups in total. The zero-order chi connectivity index (χ0) is 28.7. The van der Waals surface area contributed by atoms with Gasteiger partial charge in [0.05, 0.1) is 16.1 Å². The van der Waals surface area contributed by atoms with Crippen LogP contribution in [-0.4, -0.2) is 18.6 Å². The first-order valence-corrected chi connectivity index (χ1v) is 16.6. The molecule has 8 heteroatoms. The number of nitrogens with zero attached hydrogens (tertiary/aromatic N) is 2. The second-order valence-electron chi connectivity index (χ2n) is 9.84. The van der Waals surface area contributed by atoms with Gasteiger partial charge in [0, 0.05) is 27.0 Å². The van der Waals surface area contributed by atoms with Gasteiger partial charge in [0.25, 0.3) is 10.0 Å². The van der Waals surface area contributed by atoms with E-state index < -0.39 is 15.8 Å². The number of thioether (sulfide) groups is 1. The molecule has 0 radical (unpaired) electrons. The first kappa shape index (κ1) is 27.3. The Kier molecular flexibility index (Phi) is 7.20. The lowest BCUT2D eigenvalue weighted by atomic mass is 9.93. The smallest absolute Gasteiger partial charge is 0.233 e. The summed E-state index contributed by atoms with van der Waals surface area (Å²) in [5.41, 5.74) is 5.62. The van der Waals surface area contributed by atoms with Crippen LogP contribution in [0.2, 0.25) is 0 Å². The molecule has 1 aliphatic carbocycles. The number of benzene rings is 3. The lowest BCUT2D eigenvalue weighted by Gasteiger charge is -2.17. The maximum Gasteiger partial charge on any atom is 0.268 e. The van der Waals surface area contributed by atoms with Gasteiger partial charge in [0.1, 0.15) is 16.8 Å². The average Bonchev–Trinajstić information content (AvgIpc) is 3.59. The highest BCUT2D eigenvalue weighted by molar-refractivity contribution is 8.02. The molecule has 4 nitrogen and oxygen atoms in total. The molecule has 0 atom stereocenters. The van der Waals surface area contributed by atoms with Crippen LogP contribution in [0.5, 0.6) is 0 Å². The molecule has 2 heterocycles. The molecule has 0 saturated carbocycles. The Morgan fingerprint density at radius 1 is 1.02 bits per heavy atom. The van der Waals surface area contributed by atoms with E-state index in [0.29, 0.717) is 38.2 Å². The summed E-state index contributed by atoms with van der Waals surface area (Å²) >= 11 is 2.97. The fourth-order valence-electron chi connectivity index (χ4n) is 5.34. The fourth-order valence-corrected chi connectivity index (χ4v) is 8.12. The van der Waals surface area contributed by atoms with Gasteiger partial charge in [-0.1, -0.05) is 42.0 Å². The number of fused-ring (bicyclic) bond motifs is 1. The van der Waals surface area contributed by atoms with E-state index in [2.05, 4.69) is 24.5 Å². The molecule has 0 saturated heterocycles. The van der Waals surface area contributed by atoms with Crippen LogP contribution < -0.4 is 0 Å². The van der Waals surface area contributed by atoms with Crippen molar-refractivity contribution in [3.05, 3.63) is 117 Å². The number of hydrogen-bond acceptors (Lipinski definition) is 5. The quantitative estimate of drug-likeness (QED) is 0.196. The molecule has 2 aromatic heterocycles. The lowest BCUT2D eigenvalue weighted by Crippen LogP contribution is -2.14. The molecule has 5 aromatic rings. The van der Waals surface area contributed by atoms with E-state index in [0.717, 1.165) is 24.0 Å². The number of hydrogen-bond donors (Lipinski definition) is 0. The number of aromatic nitrogens is 1. The van der Waals surface area contributed by atoms with E-state index in [-0.39, 0.29) is 4.90 Å². The molecule has 6 rings (SSSR count). The summed E-state index contributed by atoms with van der Waals surface area (Å²) in [6.07, 6.45) is 8.25. The van der Waals surface area contributed by atoms with E-state index in [1.54, 1.807) is 47.5 Å². The lowest BCUT2D eigenvalue weighted by molar-refractivity contribution is 0.589. The highest BCUT2D eigenvalue weighted by Gasteiger charge is 2.30. The van der Waals surface area contributed by atoms with Crippen LogP contribution in [0.3, 0.4) is 0 Å². The number of thiophene rings is 1. The van der Waals surface area contributed by atoms with Crippen molar-refractivity contribution in [3.8, 4) is 28.5 Å². The number of aryl methyl sites for hydroxylation is 1. The Balaban J connectivity index is 1.72. The highest BCUT2D eigenvalue weighted by Crippen LogP contribution is 2.46. The van der Waals surface area contributed by atoms with Crippen molar-refractivity contribution in [1.82, 2.24) is 3.97 Å². The Bertz CT molecular complexity index is 2020. The van der Waals surface area contributed by atoms with Gasteiger partial charge in [0.2, 0.25) is 0 Å². The number of halogens is 1. The van der Waals surface area contributed by atoms with Crippen molar-refractivity contribution >= 4 is 49.6 Å². The summed E-state index contributed by atoms with van der Waals surface area (Å²) in [5.74, 6) is -0.485. The molecule has 204 valence electrons. The molecule has 0 bridgehead atoms. The molecule has 0 fully saturated rings. The van der Waals surface area contributed by atoms with E-state index >= 15 is 0 Å². The third kappa shape index (κ3) is 4.84. The van der Waals surface area contributed by atoms with Gasteiger partial charge in [-0.05, 0) is 91.1 Å².